The molecular weight excluding hydrogens is 118 g/mol. The molecule has 0 unspecified atom stereocenters. The van der Waals surface area contributed by atoms with E-state index in [9.17, 15) is 4.79 Å². The molecule has 52 valence electrons. The number of hydrogen-bond donors (Lipinski definition) is 1. The molecule has 0 aliphatic carbocycles. The fraction of sp³-hybridized carbons (Fsp3) is 0.500. The third-order valence-electron chi connectivity index (χ3n) is 0.750. The Bertz CT molecular complexity index is 110. The third-order valence-corrected chi connectivity index (χ3v) is 0.750. The molecule has 0 aromatic rings. The van der Waals surface area contributed by atoms with Gasteiger partial charge in [0.15, 0.2) is 0 Å². The maximum atomic E-state index is 10.3. The SMILES string of the molecule is CC=CCOC(=O)NC. The predicted molar refractivity (Wildman–Crippen MR) is 35.2 cm³/mol. The average molecular weight is 129 g/mol. The fourth-order valence-corrected chi connectivity index (χ4v) is 0.292. The first-order chi connectivity index (χ1) is 4.31. The minimum atomic E-state index is -0.395. The summed E-state index contributed by atoms with van der Waals surface area (Å²) in [4.78, 5) is 10.3. The molecule has 0 saturated heterocycles. The molecule has 0 spiro atoms. The van der Waals surface area contributed by atoms with Crippen LogP contribution >= 0.6 is 0 Å². The summed E-state index contributed by atoms with van der Waals surface area (Å²) in [5.41, 5.74) is 0. The lowest BCUT2D eigenvalue weighted by Gasteiger charge is -1.97. The van der Waals surface area contributed by atoms with Gasteiger partial charge in [-0.3, -0.25) is 0 Å². The number of carbonyl (C=O) groups is 1. The van der Waals surface area contributed by atoms with Gasteiger partial charge in [0, 0.05) is 7.05 Å². The Hall–Kier alpha value is -0.990. The summed E-state index contributed by atoms with van der Waals surface area (Å²) in [5.74, 6) is 0. The summed E-state index contributed by atoms with van der Waals surface area (Å²) in [6.07, 6.45) is 3.19. The molecule has 0 rings (SSSR count). The van der Waals surface area contributed by atoms with E-state index in [1.54, 1.807) is 6.08 Å². The van der Waals surface area contributed by atoms with Crippen LogP contribution < -0.4 is 5.32 Å². The highest BCUT2D eigenvalue weighted by Gasteiger charge is 1.91. The van der Waals surface area contributed by atoms with E-state index in [0.29, 0.717) is 6.61 Å². The van der Waals surface area contributed by atoms with Crippen LogP contribution in [0.4, 0.5) is 4.79 Å². The van der Waals surface area contributed by atoms with E-state index in [0.717, 1.165) is 0 Å². The third kappa shape index (κ3) is 4.87. The molecule has 0 aromatic heterocycles. The highest BCUT2D eigenvalue weighted by Crippen LogP contribution is 1.77. The number of rotatable bonds is 2. The van der Waals surface area contributed by atoms with Crippen LogP contribution in [0.5, 0.6) is 0 Å². The summed E-state index contributed by atoms with van der Waals surface area (Å²) in [7, 11) is 1.53. The predicted octanol–water partition coefficient (Wildman–Crippen LogP) is 0.919. The number of carbonyl (C=O) groups excluding carboxylic acids is 1. The van der Waals surface area contributed by atoms with Crippen LogP contribution in [-0.4, -0.2) is 19.7 Å². The normalized spacial score (nSPS) is 9.56. The first-order valence-electron chi connectivity index (χ1n) is 2.77. The molecule has 0 heterocycles. The van der Waals surface area contributed by atoms with E-state index in [4.69, 9.17) is 0 Å². The lowest BCUT2D eigenvalue weighted by Crippen LogP contribution is -2.18. The lowest BCUT2D eigenvalue weighted by atomic mass is 10.6. The van der Waals surface area contributed by atoms with Gasteiger partial charge in [-0.05, 0) is 6.92 Å². The molecule has 9 heavy (non-hydrogen) atoms. The van der Waals surface area contributed by atoms with Crippen LogP contribution in [0, 0.1) is 0 Å². The molecule has 3 heteroatoms. The monoisotopic (exact) mass is 129 g/mol. The van der Waals surface area contributed by atoms with E-state index in [1.165, 1.54) is 7.05 Å². The molecule has 0 aliphatic rings. The molecule has 0 saturated carbocycles. The topological polar surface area (TPSA) is 38.3 Å². The molecule has 1 N–H and O–H groups in total. The van der Waals surface area contributed by atoms with Crippen molar-refractivity contribution in [3.63, 3.8) is 0 Å². The van der Waals surface area contributed by atoms with Crippen molar-refractivity contribution in [2.24, 2.45) is 0 Å². The van der Waals surface area contributed by atoms with Gasteiger partial charge >= 0.3 is 6.09 Å². The molecular formula is C6H11NO2. The van der Waals surface area contributed by atoms with Crippen molar-refractivity contribution < 1.29 is 9.53 Å². The molecule has 0 atom stereocenters. The molecule has 0 aliphatic heterocycles. The number of alkyl carbamates (subject to hydrolysis) is 1. The second-order valence-corrected chi connectivity index (χ2v) is 1.42. The van der Waals surface area contributed by atoms with Gasteiger partial charge in [0.2, 0.25) is 0 Å². The summed E-state index contributed by atoms with van der Waals surface area (Å²) in [5, 5.41) is 2.33. The van der Waals surface area contributed by atoms with Crippen molar-refractivity contribution in [2.75, 3.05) is 13.7 Å². The summed E-state index contributed by atoms with van der Waals surface area (Å²) < 4.78 is 4.59. The minimum Gasteiger partial charge on any atom is -0.445 e. The van der Waals surface area contributed by atoms with Gasteiger partial charge < -0.3 is 10.1 Å². The molecule has 0 fully saturated rings. The molecule has 3 nitrogen and oxygen atoms in total. The first-order valence-corrected chi connectivity index (χ1v) is 2.77. The number of nitrogens with one attached hydrogen (secondary N) is 1. The first kappa shape index (κ1) is 8.01. The Morgan fingerprint density at radius 2 is 2.44 bits per heavy atom. The Balaban J connectivity index is 3.17. The quantitative estimate of drug-likeness (QED) is 0.563. The van der Waals surface area contributed by atoms with E-state index >= 15 is 0 Å². The van der Waals surface area contributed by atoms with Gasteiger partial charge in [0.1, 0.15) is 6.61 Å². The largest absolute Gasteiger partial charge is 0.445 e. The van der Waals surface area contributed by atoms with Gasteiger partial charge in [-0.25, -0.2) is 4.79 Å². The van der Waals surface area contributed by atoms with Crippen molar-refractivity contribution in [3.05, 3.63) is 12.2 Å². The Kier molecular flexibility index (Phi) is 4.59. The smallest absolute Gasteiger partial charge is 0.407 e. The summed E-state index contributed by atoms with van der Waals surface area (Å²) in [6.45, 7) is 2.21. The Morgan fingerprint density at radius 3 is 2.89 bits per heavy atom. The van der Waals surface area contributed by atoms with E-state index in [-0.39, 0.29) is 0 Å². The number of amides is 1. The standard InChI is InChI=1S/C6H11NO2/c1-3-4-5-9-6(8)7-2/h3-4H,5H2,1-2H3,(H,7,8). The molecule has 0 bridgehead atoms. The van der Waals surface area contributed by atoms with E-state index in [1.807, 2.05) is 13.0 Å². The van der Waals surface area contributed by atoms with Crippen LogP contribution in [0.15, 0.2) is 12.2 Å². The van der Waals surface area contributed by atoms with Gasteiger partial charge in [-0.2, -0.15) is 0 Å². The van der Waals surface area contributed by atoms with Crippen LogP contribution in [-0.2, 0) is 4.74 Å². The maximum Gasteiger partial charge on any atom is 0.407 e. The fourth-order valence-electron chi connectivity index (χ4n) is 0.292. The van der Waals surface area contributed by atoms with Crippen LogP contribution in [0.3, 0.4) is 0 Å². The lowest BCUT2D eigenvalue weighted by molar-refractivity contribution is 0.160. The van der Waals surface area contributed by atoms with Crippen molar-refractivity contribution in [1.82, 2.24) is 5.32 Å². The van der Waals surface area contributed by atoms with E-state index < -0.39 is 6.09 Å². The zero-order valence-corrected chi connectivity index (χ0v) is 5.68. The second kappa shape index (κ2) is 5.15. The van der Waals surface area contributed by atoms with E-state index in [2.05, 4.69) is 10.1 Å². The van der Waals surface area contributed by atoms with Crippen molar-refractivity contribution in [2.45, 2.75) is 6.92 Å². The highest BCUT2D eigenvalue weighted by atomic mass is 16.5. The van der Waals surface area contributed by atoms with Crippen LogP contribution in [0.25, 0.3) is 0 Å². The minimum absolute atomic E-state index is 0.343. The molecule has 1 amide bonds. The second-order valence-electron chi connectivity index (χ2n) is 1.42. The van der Waals surface area contributed by atoms with Crippen LogP contribution in [0.2, 0.25) is 0 Å². The summed E-state index contributed by atoms with van der Waals surface area (Å²) >= 11 is 0. The zero-order valence-electron chi connectivity index (χ0n) is 5.68. The maximum absolute atomic E-state index is 10.3. The Morgan fingerprint density at radius 1 is 1.78 bits per heavy atom. The zero-order chi connectivity index (χ0) is 7.11. The highest BCUT2D eigenvalue weighted by molar-refractivity contribution is 5.66. The van der Waals surface area contributed by atoms with Crippen LogP contribution in [0.1, 0.15) is 6.92 Å². The number of allylic oxidation sites excluding steroid dienone is 1. The number of hydrogen-bond acceptors (Lipinski definition) is 2. The van der Waals surface area contributed by atoms with Gasteiger partial charge in [-0.1, -0.05) is 12.2 Å². The molecule has 0 aromatic carbocycles. The van der Waals surface area contributed by atoms with Crippen molar-refractivity contribution >= 4 is 6.09 Å². The van der Waals surface area contributed by atoms with Gasteiger partial charge in [0.05, 0.1) is 0 Å². The van der Waals surface area contributed by atoms with Gasteiger partial charge in [0.25, 0.3) is 0 Å². The summed E-state index contributed by atoms with van der Waals surface area (Å²) in [6, 6.07) is 0. The average Bonchev–Trinajstić information content (AvgIpc) is 1.89. The van der Waals surface area contributed by atoms with Crippen molar-refractivity contribution in [1.29, 1.82) is 0 Å². The Labute approximate surface area is 54.7 Å². The molecule has 0 radical (unpaired) electrons. The number of ether oxygens (including phenoxy) is 1. The van der Waals surface area contributed by atoms with Gasteiger partial charge in [-0.15, -0.1) is 0 Å². The van der Waals surface area contributed by atoms with Crippen molar-refractivity contribution in [3.8, 4) is 0 Å².